The fourth-order valence-corrected chi connectivity index (χ4v) is 2.23. The number of carbonyl (C=O) groups excluding carboxylic acids is 1. The Morgan fingerprint density at radius 2 is 2.30 bits per heavy atom. The smallest absolute Gasteiger partial charge is 0.257 e. The molecule has 3 N–H and O–H groups in total. The number of carbonyl (C=O) groups is 1. The van der Waals surface area contributed by atoms with E-state index in [1.165, 1.54) is 18.2 Å². The number of aromatic nitrogens is 3. The zero-order valence-corrected chi connectivity index (χ0v) is 12.9. The van der Waals surface area contributed by atoms with E-state index in [2.05, 4.69) is 26.8 Å². The Morgan fingerprint density at radius 1 is 1.48 bits per heavy atom. The first-order valence-electron chi connectivity index (χ1n) is 7.27. The number of halogens is 1. The number of allylic oxidation sites excluding steroid dienone is 4. The summed E-state index contributed by atoms with van der Waals surface area (Å²) in [4.78, 5) is 22.9. The monoisotopic (exact) mass is 314 g/mol. The van der Waals surface area contributed by atoms with Gasteiger partial charge in [-0.05, 0) is 18.6 Å². The Labute approximate surface area is 134 Å². The van der Waals surface area contributed by atoms with Crippen LogP contribution in [0.4, 0.5) is 4.39 Å². The number of nitrogens with zero attached hydrogens (tertiary/aromatic N) is 1. The number of aryl methyl sites for hydroxylation is 1. The molecule has 2 aromatic rings. The SMILES string of the molecule is C=C/C=C(\C=C/CF)NC(=O)c1c[nH]c(CC)c1-c1ncc[nH]1. The van der Waals surface area contributed by atoms with E-state index in [1.54, 1.807) is 24.7 Å². The van der Waals surface area contributed by atoms with Gasteiger partial charge in [-0.25, -0.2) is 9.37 Å². The minimum atomic E-state index is -0.605. The summed E-state index contributed by atoms with van der Waals surface area (Å²) in [6.07, 6.45) is 11.7. The normalized spacial score (nSPS) is 11.8. The molecule has 120 valence electrons. The van der Waals surface area contributed by atoms with Gasteiger partial charge in [0.15, 0.2) is 0 Å². The molecular weight excluding hydrogens is 295 g/mol. The number of H-pyrrole nitrogens is 2. The van der Waals surface area contributed by atoms with Gasteiger partial charge in [0.05, 0.1) is 11.1 Å². The van der Waals surface area contributed by atoms with Crippen LogP contribution in [0, 0.1) is 0 Å². The molecule has 0 unspecified atom stereocenters. The van der Waals surface area contributed by atoms with E-state index in [4.69, 9.17) is 0 Å². The van der Waals surface area contributed by atoms with Crippen molar-refractivity contribution < 1.29 is 9.18 Å². The van der Waals surface area contributed by atoms with Gasteiger partial charge < -0.3 is 15.3 Å². The minimum absolute atomic E-state index is 0.302. The van der Waals surface area contributed by atoms with Crippen LogP contribution in [0.3, 0.4) is 0 Å². The number of amides is 1. The molecule has 0 saturated carbocycles. The van der Waals surface area contributed by atoms with E-state index in [1.807, 2.05) is 6.92 Å². The average Bonchev–Trinajstić information content (AvgIpc) is 3.20. The summed E-state index contributed by atoms with van der Waals surface area (Å²) in [6.45, 7) is 4.98. The lowest BCUT2D eigenvalue weighted by atomic mass is 10.1. The maximum atomic E-state index is 12.6. The number of aromatic amines is 2. The summed E-state index contributed by atoms with van der Waals surface area (Å²) in [5.41, 5.74) is 2.59. The summed E-state index contributed by atoms with van der Waals surface area (Å²) in [5, 5.41) is 2.74. The molecule has 0 aliphatic heterocycles. The van der Waals surface area contributed by atoms with E-state index in [-0.39, 0.29) is 5.91 Å². The molecule has 1 amide bonds. The van der Waals surface area contributed by atoms with Crippen molar-refractivity contribution in [2.75, 3.05) is 6.67 Å². The van der Waals surface area contributed by atoms with Crippen molar-refractivity contribution in [3.8, 4) is 11.4 Å². The average molecular weight is 314 g/mol. The number of nitrogens with one attached hydrogen (secondary N) is 3. The van der Waals surface area contributed by atoms with Crippen molar-refractivity contribution in [3.63, 3.8) is 0 Å². The number of imidazole rings is 1. The largest absolute Gasteiger partial charge is 0.364 e. The van der Waals surface area contributed by atoms with Crippen molar-refractivity contribution in [1.82, 2.24) is 20.3 Å². The van der Waals surface area contributed by atoms with Crippen molar-refractivity contribution in [1.29, 1.82) is 0 Å². The molecule has 23 heavy (non-hydrogen) atoms. The van der Waals surface area contributed by atoms with E-state index in [0.717, 1.165) is 17.7 Å². The summed E-state index contributed by atoms with van der Waals surface area (Å²) in [7, 11) is 0. The summed E-state index contributed by atoms with van der Waals surface area (Å²) in [5.74, 6) is 0.325. The molecule has 6 heteroatoms. The van der Waals surface area contributed by atoms with Gasteiger partial charge >= 0.3 is 0 Å². The fourth-order valence-electron chi connectivity index (χ4n) is 2.23. The molecule has 5 nitrogen and oxygen atoms in total. The van der Waals surface area contributed by atoms with Gasteiger partial charge in [-0.2, -0.15) is 0 Å². The molecule has 0 saturated heterocycles. The molecule has 0 radical (unpaired) electrons. The number of rotatable bonds is 7. The summed E-state index contributed by atoms with van der Waals surface area (Å²) in [6, 6.07) is 0. The predicted octanol–water partition coefficient (Wildman–Crippen LogP) is 3.29. The molecule has 0 atom stereocenters. The van der Waals surface area contributed by atoms with Crippen LogP contribution in [0.25, 0.3) is 11.4 Å². The fraction of sp³-hybridized carbons (Fsp3) is 0.176. The van der Waals surface area contributed by atoms with Crippen LogP contribution in [-0.4, -0.2) is 27.5 Å². The van der Waals surface area contributed by atoms with E-state index in [0.29, 0.717) is 17.1 Å². The molecule has 0 aliphatic rings. The highest BCUT2D eigenvalue weighted by molar-refractivity contribution is 6.01. The van der Waals surface area contributed by atoms with Gasteiger partial charge in [0, 0.05) is 30.0 Å². The first-order chi connectivity index (χ1) is 11.2. The van der Waals surface area contributed by atoms with Gasteiger partial charge in [0.1, 0.15) is 12.5 Å². The Hall–Kier alpha value is -2.89. The highest BCUT2D eigenvalue weighted by atomic mass is 19.1. The van der Waals surface area contributed by atoms with Crippen molar-refractivity contribution >= 4 is 5.91 Å². The second-order valence-corrected chi connectivity index (χ2v) is 4.72. The molecule has 2 heterocycles. The van der Waals surface area contributed by atoms with Crippen LogP contribution in [0.15, 0.2) is 55.2 Å². The predicted molar refractivity (Wildman–Crippen MR) is 88.6 cm³/mol. The third kappa shape index (κ3) is 3.85. The zero-order valence-electron chi connectivity index (χ0n) is 12.9. The molecule has 0 fully saturated rings. The van der Waals surface area contributed by atoms with Gasteiger partial charge in [-0.15, -0.1) is 0 Å². The van der Waals surface area contributed by atoms with Crippen LogP contribution in [0.2, 0.25) is 0 Å². The van der Waals surface area contributed by atoms with Crippen LogP contribution in [0.1, 0.15) is 23.0 Å². The van der Waals surface area contributed by atoms with Crippen molar-refractivity contribution in [3.05, 3.63) is 66.4 Å². The summed E-state index contributed by atoms with van der Waals surface area (Å²) < 4.78 is 12.3. The second-order valence-electron chi connectivity index (χ2n) is 4.72. The van der Waals surface area contributed by atoms with E-state index < -0.39 is 6.67 Å². The van der Waals surface area contributed by atoms with Crippen LogP contribution in [-0.2, 0) is 6.42 Å². The number of alkyl halides is 1. The summed E-state index contributed by atoms with van der Waals surface area (Å²) >= 11 is 0. The molecule has 0 spiro atoms. The Bertz CT molecular complexity index is 726. The molecule has 0 aromatic carbocycles. The lowest BCUT2D eigenvalue weighted by Crippen LogP contribution is -2.22. The first kappa shape index (κ1) is 16.5. The topological polar surface area (TPSA) is 73.6 Å². The lowest BCUT2D eigenvalue weighted by Gasteiger charge is -2.07. The molecular formula is C17H19FN4O. The molecule has 2 rings (SSSR count). The van der Waals surface area contributed by atoms with Gasteiger partial charge in [-0.3, -0.25) is 4.79 Å². The van der Waals surface area contributed by atoms with Crippen LogP contribution >= 0.6 is 0 Å². The van der Waals surface area contributed by atoms with Crippen LogP contribution < -0.4 is 5.32 Å². The maximum Gasteiger partial charge on any atom is 0.257 e. The molecule has 0 aliphatic carbocycles. The number of hydrogen-bond donors (Lipinski definition) is 3. The standard InChI is InChI=1S/C17H19FN4O/c1-3-6-12(7-5-8-18)22-17(23)13-11-21-14(4-2)15(13)16-19-9-10-20-16/h3,5-7,9-11,21H,1,4,8H2,2H3,(H,19,20)(H,22,23)/b7-5-,12-6+. The highest BCUT2D eigenvalue weighted by Gasteiger charge is 2.19. The van der Waals surface area contributed by atoms with Crippen molar-refractivity contribution in [2.24, 2.45) is 0 Å². The first-order valence-corrected chi connectivity index (χ1v) is 7.27. The Morgan fingerprint density at radius 3 is 2.91 bits per heavy atom. The maximum absolute atomic E-state index is 12.6. The zero-order chi connectivity index (χ0) is 16.7. The van der Waals surface area contributed by atoms with E-state index >= 15 is 0 Å². The third-order valence-corrected chi connectivity index (χ3v) is 3.24. The third-order valence-electron chi connectivity index (χ3n) is 3.24. The highest BCUT2D eigenvalue weighted by Crippen LogP contribution is 2.25. The molecule has 0 bridgehead atoms. The van der Waals surface area contributed by atoms with Gasteiger partial charge in [-0.1, -0.05) is 25.7 Å². The van der Waals surface area contributed by atoms with Crippen LogP contribution in [0.5, 0.6) is 0 Å². The minimum Gasteiger partial charge on any atom is -0.364 e. The van der Waals surface area contributed by atoms with Crippen molar-refractivity contribution in [2.45, 2.75) is 13.3 Å². The number of hydrogen-bond acceptors (Lipinski definition) is 2. The lowest BCUT2D eigenvalue weighted by molar-refractivity contribution is 0.0968. The molecule has 2 aromatic heterocycles. The van der Waals surface area contributed by atoms with E-state index in [9.17, 15) is 9.18 Å². The van der Waals surface area contributed by atoms with Gasteiger partial charge in [0.25, 0.3) is 5.91 Å². The van der Waals surface area contributed by atoms with Gasteiger partial charge in [0.2, 0.25) is 0 Å². The second kappa shape index (κ2) is 7.93. The Kier molecular flexibility index (Phi) is 5.68. The quantitative estimate of drug-likeness (QED) is 0.686. The Balaban J connectivity index is 2.33.